The first-order valence-corrected chi connectivity index (χ1v) is 13.3. The van der Waals surface area contributed by atoms with Crippen LogP contribution in [0.4, 0.5) is 5.69 Å². The Hall–Kier alpha value is -4.57. The molecule has 0 radical (unpaired) electrons. The van der Waals surface area contributed by atoms with E-state index in [1.165, 1.54) is 17.0 Å². The number of benzene rings is 3. The number of hydrogen-bond donors (Lipinski definition) is 4. The fourth-order valence-electron chi connectivity index (χ4n) is 6.63. The second kappa shape index (κ2) is 8.72. The molecule has 2 saturated heterocycles. The molecule has 40 heavy (non-hydrogen) atoms. The zero-order valence-corrected chi connectivity index (χ0v) is 21.6. The predicted molar refractivity (Wildman–Crippen MR) is 142 cm³/mol. The molecular formula is C30H27N3O7. The Morgan fingerprint density at radius 2 is 1.68 bits per heavy atom. The van der Waals surface area contributed by atoms with Crippen molar-refractivity contribution >= 4 is 23.4 Å². The number of anilines is 1. The molecule has 3 amide bonds. The molecule has 7 rings (SSSR count). The number of nitrogens with zero attached hydrogens (tertiary/aromatic N) is 1. The fourth-order valence-corrected chi connectivity index (χ4v) is 6.63. The summed E-state index contributed by atoms with van der Waals surface area (Å²) in [5, 5.41) is 26.2. The van der Waals surface area contributed by atoms with Gasteiger partial charge in [0, 0.05) is 17.3 Å². The zero-order chi connectivity index (χ0) is 27.8. The number of ether oxygens (including phenoxy) is 2. The van der Waals surface area contributed by atoms with Gasteiger partial charge in [0.2, 0.25) is 24.5 Å². The molecule has 0 saturated carbocycles. The molecule has 204 valence electrons. The van der Waals surface area contributed by atoms with E-state index >= 15 is 0 Å². The first-order chi connectivity index (χ1) is 19.3. The number of imide groups is 1. The lowest BCUT2D eigenvalue weighted by Crippen LogP contribution is -2.53. The molecule has 4 N–H and O–H groups in total. The smallest absolute Gasteiger partial charge is 0.250 e. The molecule has 3 aromatic rings. The molecule has 10 nitrogen and oxygen atoms in total. The van der Waals surface area contributed by atoms with Crippen LogP contribution in [0.1, 0.15) is 29.2 Å². The van der Waals surface area contributed by atoms with Crippen molar-refractivity contribution in [1.82, 2.24) is 10.2 Å². The van der Waals surface area contributed by atoms with Gasteiger partial charge < -0.3 is 25.0 Å². The van der Waals surface area contributed by atoms with E-state index in [0.717, 1.165) is 12.0 Å². The van der Waals surface area contributed by atoms with Crippen LogP contribution in [0, 0.1) is 11.8 Å². The van der Waals surface area contributed by atoms with Crippen molar-refractivity contribution in [3.63, 3.8) is 0 Å². The summed E-state index contributed by atoms with van der Waals surface area (Å²) in [6.07, 6.45) is 0.995. The summed E-state index contributed by atoms with van der Waals surface area (Å²) in [5.74, 6) is -2.31. The van der Waals surface area contributed by atoms with Crippen LogP contribution < -0.4 is 20.1 Å². The van der Waals surface area contributed by atoms with Gasteiger partial charge in [-0.25, -0.2) is 0 Å². The minimum absolute atomic E-state index is 0.0353. The number of hydrogen-bond acceptors (Lipinski definition) is 8. The molecule has 0 bridgehead atoms. The number of amides is 3. The molecule has 0 unspecified atom stereocenters. The van der Waals surface area contributed by atoms with Gasteiger partial charge in [-0.05, 0) is 59.9 Å². The summed E-state index contributed by atoms with van der Waals surface area (Å²) in [4.78, 5) is 43.2. The fraction of sp³-hybridized carbons (Fsp3) is 0.300. The quantitative estimate of drug-likeness (QED) is 0.286. The average molecular weight is 542 g/mol. The summed E-state index contributed by atoms with van der Waals surface area (Å²) >= 11 is 0. The Morgan fingerprint density at radius 1 is 0.900 bits per heavy atom. The normalized spacial score (nSPS) is 26.0. The first kappa shape index (κ1) is 24.5. The van der Waals surface area contributed by atoms with Crippen molar-refractivity contribution in [2.75, 3.05) is 12.1 Å². The summed E-state index contributed by atoms with van der Waals surface area (Å²) in [5.41, 5.74) is 2.22. The van der Waals surface area contributed by atoms with E-state index < -0.39 is 29.3 Å². The number of rotatable bonds is 5. The van der Waals surface area contributed by atoms with Gasteiger partial charge in [0.15, 0.2) is 23.0 Å². The Bertz CT molecular complexity index is 1600. The number of likely N-dealkylation sites (tertiary alicyclic amines) is 1. The molecular weight excluding hydrogens is 514 g/mol. The Balaban J connectivity index is 1.31. The largest absolute Gasteiger partial charge is 0.504 e. The maximum absolute atomic E-state index is 14.2. The summed E-state index contributed by atoms with van der Waals surface area (Å²) in [7, 11) is 0. The minimum Gasteiger partial charge on any atom is -0.504 e. The third kappa shape index (κ3) is 3.42. The number of carbonyl (C=O) groups is 3. The number of aromatic hydroxyl groups is 2. The standard InChI is InChI=1S/C30H27N3O7/c1-2-15-3-6-19-18(9-15)30(29(38)31-19)26-25(20(32-30)10-16-4-7-21(34)22(35)11-16)27(36)33(28(26)37)13-17-5-8-23-24(12-17)40-14-39-23/h3-9,11-12,20,25-26,32,34-35H,2,10,13-14H2,1H3,(H,31,38)/t20-,25-,26+,30+/m1/s1. The van der Waals surface area contributed by atoms with Gasteiger partial charge in [0.1, 0.15) is 5.54 Å². The molecule has 4 aliphatic rings. The monoisotopic (exact) mass is 541 g/mol. The van der Waals surface area contributed by atoms with Crippen LogP contribution in [0.25, 0.3) is 0 Å². The van der Waals surface area contributed by atoms with Crippen LogP contribution in [-0.2, 0) is 39.3 Å². The first-order valence-electron chi connectivity index (χ1n) is 13.3. The predicted octanol–water partition coefficient (Wildman–Crippen LogP) is 2.55. The van der Waals surface area contributed by atoms with Crippen molar-refractivity contribution in [3.8, 4) is 23.0 Å². The van der Waals surface area contributed by atoms with Crippen molar-refractivity contribution < 1.29 is 34.1 Å². The lowest BCUT2D eigenvalue weighted by atomic mass is 9.76. The lowest BCUT2D eigenvalue weighted by molar-refractivity contribution is -0.143. The summed E-state index contributed by atoms with van der Waals surface area (Å²) in [6.45, 7) is 2.16. The van der Waals surface area contributed by atoms with Gasteiger partial charge >= 0.3 is 0 Å². The highest BCUT2D eigenvalue weighted by atomic mass is 16.7. The van der Waals surface area contributed by atoms with E-state index in [2.05, 4.69) is 10.6 Å². The SMILES string of the molecule is CCc1ccc2c(c1)[C@@]1(N[C@H](Cc3ccc(O)c(O)c3)[C@H]3C(=O)N(Cc4ccc5c(c4)OCO5)C(=O)[C@H]31)C(=O)N2. The van der Waals surface area contributed by atoms with Gasteiger partial charge in [0.25, 0.3) is 0 Å². The molecule has 4 atom stereocenters. The van der Waals surface area contributed by atoms with E-state index in [0.29, 0.717) is 33.9 Å². The zero-order valence-electron chi connectivity index (χ0n) is 21.6. The van der Waals surface area contributed by atoms with Crippen LogP contribution in [0.2, 0.25) is 0 Å². The summed E-state index contributed by atoms with van der Waals surface area (Å²) in [6, 6.07) is 14.9. The molecule has 4 aliphatic heterocycles. The van der Waals surface area contributed by atoms with Gasteiger partial charge in [0.05, 0.1) is 18.4 Å². The van der Waals surface area contributed by atoms with Crippen LogP contribution >= 0.6 is 0 Å². The third-order valence-electron chi connectivity index (χ3n) is 8.55. The molecule has 0 aliphatic carbocycles. The Kier molecular flexibility index (Phi) is 5.33. The maximum Gasteiger partial charge on any atom is 0.250 e. The van der Waals surface area contributed by atoms with E-state index in [1.54, 1.807) is 24.3 Å². The molecule has 3 aromatic carbocycles. The second-order valence-corrected chi connectivity index (χ2v) is 10.7. The van der Waals surface area contributed by atoms with Crippen LogP contribution in [0.15, 0.2) is 54.6 Å². The number of phenolic OH excluding ortho intramolecular Hbond substituents is 2. The van der Waals surface area contributed by atoms with Crippen LogP contribution in [-0.4, -0.2) is 45.7 Å². The Morgan fingerprint density at radius 3 is 2.48 bits per heavy atom. The summed E-state index contributed by atoms with van der Waals surface area (Å²) < 4.78 is 10.9. The number of nitrogens with one attached hydrogen (secondary N) is 2. The van der Waals surface area contributed by atoms with E-state index in [9.17, 15) is 24.6 Å². The number of carbonyl (C=O) groups excluding carboxylic acids is 3. The number of aryl methyl sites for hydroxylation is 1. The van der Waals surface area contributed by atoms with Crippen LogP contribution in [0.5, 0.6) is 23.0 Å². The highest BCUT2D eigenvalue weighted by Crippen LogP contribution is 2.54. The van der Waals surface area contributed by atoms with Gasteiger partial charge in [-0.2, -0.15) is 0 Å². The Labute approximate surface area is 229 Å². The van der Waals surface area contributed by atoms with E-state index in [-0.39, 0.29) is 43.1 Å². The molecule has 2 fully saturated rings. The maximum atomic E-state index is 14.2. The molecule has 10 heteroatoms. The molecule has 0 aromatic heterocycles. The van der Waals surface area contributed by atoms with E-state index in [1.807, 2.05) is 25.1 Å². The molecule has 4 heterocycles. The number of fused-ring (bicyclic) bond motifs is 5. The van der Waals surface area contributed by atoms with Gasteiger partial charge in [-0.15, -0.1) is 0 Å². The van der Waals surface area contributed by atoms with Gasteiger partial charge in [-0.1, -0.05) is 31.2 Å². The molecule has 1 spiro atoms. The highest BCUT2D eigenvalue weighted by Gasteiger charge is 2.70. The van der Waals surface area contributed by atoms with Crippen molar-refractivity contribution in [3.05, 3.63) is 76.9 Å². The average Bonchev–Trinajstić information content (AvgIpc) is 3.67. The number of phenols is 2. The van der Waals surface area contributed by atoms with Crippen molar-refractivity contribution in [1.29, 1.82) is 0 Å². The highest BCUT2D eigenvalue weighted by molar-refractivity contribution is 6.15. The van der Waals surface area contributed by atoms with Crippen molar-refractivity contribution in [2.45, 2.75) is 37.9 Å². The second-order valence-electron chi connectivity index (χ2n) is 10.7. The van der Waals surface area contributed by atoms with Crippen LogP contribution in [0.3, 0.4) is 0 Å². The topological polar surface area (TPSA) is 137 Å². The van der Waals surface area contributed by atoms with Gasteiger partial charge in [-0.3, -0.25) is 24.6 Å². The minimum atomic E-state index is -1.43. The lowest BCUT2D eigenvalue weighted by Gasteiger charge is -2.30. The third-order valence-corrected chi connectivity index (χ3v) is 8.55. The van der Waals surface area contributed by atoms with Crippen molar-refractivity contribution in [2.24, 2.45) is 11.8 Å². The van der Waals surface area contributed by atoms with E-state index in [4.69, 9.17) is 9.47 Å².